The van der Waals surface area contributed by atoms with Gasteiger partial charge in [-0.05, 0) is 60.7 Å². The summed E-state index contributed by atoms with van der Waals surface area (Å²) in [6.45, 7) is 0.521. The third-order valence-electron chi connectivity index (χ3n) is 3.81. The van der Waals surface area contributed by atoms with Crippen LogP contribution in [0.25, 0.3) is 0 Å². The normalized spacial score (nSPS) is 10.2. The number of hydrogen-bond donors (Lipinski definition) is 0. The fraction of sp³-hybridized carbons (Fsp3) is 0.0909. The predicted molar refractivity (Wildman–Crippen MR) is 115 cm³/mol. The molecule has 3 rings (SSSR count). The Morgan fingerprint density at radius 1 is 0.857 bits per heavy atom. The summed E-state index contributed by atoms with van der Waals surface area (Å²) >= 11 is 11.3. The van der Waals surface area contributed by atoms with Gasteiger partial charge in [0.15, 0.2) is 0 Å². The van der Waals surface area contributed by atoms with Gasteiger partial charge >= 0.3 is 0 Å². The first-order valence-corrected chi connectivity index (χ1v) is 9.43. The van der Waals surface area contributed by atoms with Gasteiger partial charge in [0.05, 0.1) is 5.69 Å². The van der Waals surface area contributed by atoms with Gasteiger partial charge in [-0.25, -0.2) is 4.90 Å². The van der Waals surface area contributed by atoms with Crippen molar-refractivity contribution in [2.24, 2.45) is 0 Å². The first kappa shape index (κ1) is 19.9. The minimum atomic E-state index is -0.295. The number of carbonyl (C=O) groups is 1. The Labute approximate surface area is 174 Å². The van der Waals surface area contributed by atoms with Gasteiger partial charge in [-0.1, -0.05) is 48.0 Å². The smallest absolute Gasteiger partial charge is 0.271 e. The molecule has 0 saturated heterocycles. The molecule has 0 atom stereocenters. The number of ether oxygens (including phenoxy) is 2. The molecule has 0 heterocycles. The minimum absolute atomic E-state index is 0.0582. The van der Waals surface area contributed by atoms with Crippen molar-refractivity contribution in [1.82, 2.24) is 0 Å². The molecule has 142 valence electrons. The number of para-hydroxylation sites is 2. The van der Waals surface area contributed by atoms with E-state index in [1.165, 1.54) is 4.90 Å². The summed E-state index contributed by atoms with van der Waals surface area (Å²) in [4.78, 5) is 14.4. The van der Waals surface area contributed by atoms with E-state index >= 15 is 0 Å². The minimum Gasteiger partial charge on any atom is -0.490 e. The molecule has 6 heteroatoms. The highest BCUT2D eigenvalue weighted by Crippen LogP contribution is 2.20. The van der Waals surface area contributed by atoms with Crippen LogP contribution in [0.15, 0.2) is 84.9 Å². The highest BCUT2D eigenvalue weighted by molar-refractivity contribution is 7.80. The highest BCUT2D eigenvalue weighted by Gasteiger charge is 2.23. The average molecular weight is 412 g/mol. The van der Waals surface area contributed by atoms with Crippen molar-refractivity contribution < 1.29 is 14.3 Å². The molecule has 0 aromatic heterocycles. The summed E-state index contributed by atoms with van der Waals surface area (Å²) in [7, 11) is 0. The quantitative estimate of drug-likeness (QED) is 0.404. The van der Waals surface area contributed by atoms with Crippen LogP contribution in [-0.2, 0) is 4.74 Å². The van der Waals surface area contributed by atoms with E-state index in [-0.39, 0.29) is 17.7 Å². The van der Waals surface area contributed by atoms with Gasteiger partial charge in [-0.2, -0.15) is 0 Å². The number of hydrogen-bond acceptors (Lipinski definition) is 4. The number of nitrogens with zero attached hydrogens (tertiary/aromatic N) is 1. The lowest BCUT2D eigenvalue weighted by atomic mass is 10.2. The third-order valence-corrected chi connectivity index (χ3v) is 4.36. The lowest BCUT2D eigenvalue weighted by Crippen LogP contribution is -2.38. The largest absolute Gasteiger partial charge is 0.490 e. The molecule has 0 radical (unpaired) electrons. The Morgan fingerprint density at radius 2 is 1.46 bits per heavy atom. The first-order valence-electron chi connectivity index (χ1n) is 8.65. The molecule has 0 unspecified atom stereocenters. The van der Waals surface area contributed by atoms with E-state index in [9.17, 15) is 4.79 Å². The van der Waals surface area contributed by atoms with Crippen molar-refractivity contribution in [2.75, 3.05) is 18.1 Å². The molecule has 0 aliphatic rings. The zero-order valence-electron chi connectivity index (χ0n) is 15.0. The zero-order valence-corrected chi connectivity index (χ0v) is 16.5. The summed E-state index contributed by atoms with van der Waals surface area (Å²) < 4.78 is 11.2. The van der Waals surface area contributed by atoms with Gasteiger partial charge in [0.2, 0.25) is 0 Å². The number of rotatable bonds is 6. The maximum absolute atomic E-state index is 13.0. The lowest BCUT2D eigenvalue weighted by Gasteiger charge is -2.23. The maximum Gasteiger partial charge on any atom is 0.271 e. The van der Waals surface area contributed by atoms with E-state index in [1.54, 1.807) is 36.4 Å². The molecule has 0 bridgehead atoms. The Hall–Kier alpha value is -2.89. The summed E-state index contributed by atoms with van der Waals surface area (Å²) in [6, 6.07) is 25.2. The molecule has 1 amide bonds. The molecule has 3 aromatic carbocycles. The SMILES string of the molecule is O=C(c1ccc(Cl)cc1)N(C(=S)OCCOc1ccccc1)c1ccccc1. The monoisotopic (exact) mass is 411 g/mol. The third kappa shape index (κ3) is 5.31. The second-order valence-electron chi connectivity index (χ2n) is 5.76. The number of benzene rings is 3. The van der Waals surface area contributed by atoms with E-state index in [0.717, 1.165) is 5.75 Å². The van der Waals surface area contributed by atoms with Crippen molar-refractivity contribution in [3.8, 4) is 5.75 Å². The maximum atomic E-state index is 13.0. The van der Waals surface area contributed by atoms with Crippen LogP contribution in [0.3, 0.4) is 0 Å². The van der Waals surface area contributed by atoms with Crippen molar-refractivity contribution in [3.63, 3.8) is 0 Å². The fourth-order valence-electron chi connectivity index (χ4n) is 2.47. The van der Waals surface area contributed by atoms with E-state index in [2.05, 4.69) is 0 Å². The number of halogens is 1. The van der Waals surface area contributed by atoms with Gasteiger partial charge < -0.3 is 9.47 Å². The van der Waals surface area contributed by atoms with Gasteiger partial charge in [-0.15, -0.1) is 0 Å². The molecule has 28 heavy (non-hydrogen) atoms. The topological polar surface area (TPSA) is 38.8 Å². The van der Waals surface area contributed by atoms with Crippen LogP contribution in [0.5, 0.6) is 5.75 Å². The Morgan fingerprint density at radius 3 is 2.11 bits per heavy atom. The average Bonchev–Trinajstić information content (AvgIpc) is 2.73. The van der Waals surface area contributed by atoms with Crippen molar-refractivity contribution in [1.29, 1.82) is 0 Å². The van der Waals surface area contributed by atoms with Crippen molar-refractivity contribution in [2.45, 2.75) is 0 Å². The van der Waals surface area contributed by atoms with Crippen LogP contribution in [0, 0.1) is 0 Å². The fourth-order valence-corrected chi connectivity index (χ4v) is 2.87. The van der Waals surface area contributed by atoms with Gasteiger partial charge in [0, 0.05) is 10.6 Å². The molecule has 0 spiro atoms. The first-order chi connectivity index (χ1) is 13.6. The van der Waals surface area contributed by atoms with Crippen LogP contribution in [0.4, 0.5) is 5.69 Å². The van der Waals surface area contributed by atoms with Gasteiger partial charge in [-0.3, -0.25) is 4.79 Å². The second kappa shape index (κ2) is 9.88. The summed E-state index contributed by atoms with van der Waals surface area (Å²) in [6.07, 6.45) is 0. The molecule has 0 saturated carbocycles. The summed E-state index contributed by atoms with van der Waals surface area (Å²) in [5.74, 6) is 0.450. The molecule has 0 aliphatic carbocycles. The molecular formula is C22H18ClNO3S. The lowest BCUT2D eigenvalue weighted by molar-refractivity contribution is 0.0994. The Balaban J connectivity index is 1.69. The highest BCUT2D eigenvalue weighted by atomic mass is 35.5. The molecule has 0 fully saturated rings. The van der Waals surface area contributed by atoms with Crippen LogP contribution >= 0.6 is 23.8 Å². The second-order valence-corrected chi connectivity index (χ2v) is 6.54. The van der Waals surface area contributed by atoms with Crippen LogP contribution < -0.4 is 9.64 Å². The summed E-state index contributed by atoms with van der Waals surface area (Å²) in [5.41, 5.74) is 1.08. The van der Waals surface area contributed by atoms with Gasteiger partial charge in [0.1, 0.15) is 19.0 Å². The van der Waals surface area contributed by atoms with E-state index < -0.39 is 0 Å². The Bertz CT molecular complexity index is 918. The van der Waals surface area contributed by atoms with Crippen LogP contribution in [-0.4, -0.2) is 24.3 Å². The van der Waals surface area contributed by atoms with E-state index in [0.29, 0.717) is 22.9 Å². The number of carbonyl (C=O) groups excluding carboxylic acids is 1. The van der Waals surface area contributed by atoms with Crippen LogP contribution in [0.1, 0.15) is 10.4 Å². The standard InChI is InChI=1S/C22H18ClNO3S/c23-18-13-11-17(12-14-18)21(25)24(19-7-3-1-4-8-19)22(28)27-16-15-26-20-9-5-2-6-10-20/h1-14H,15-16H2. The molecule has 0 aliphatic heterocycles. The molecule has 3 aromatic rings. The Kier molecular flexibility index (Phi) is 7.00. The van der Waals surface area contributed by atoms with Crippen molar-refractivity contribution >= 4 is 40.6 Å². The van der Waals surface area contributed by atoms with Crippen molar-refractivity contribution in [3.05, 3.63) is 95.5 Å². The number of thiocarbonyl (C=S) groups is 1. The van der Waals surface area contributed by atoms with Crippen LogP contribution in [0.2, 0.25) is 5.02 Å². The van der Waals surface area contributed by atoms with E-state index in [1.807, 2.05) is 48.5 Å². The molecule has 4 nitrogen and oxygen atoms in total. The van der Waals surface area contributed by atoms with Gasteiger partial charge in [0.25, 0.3) is 11.1 Å². The molecule has 0 N–H and O–H groups in total. The number of anilines is 1. The number of amides is 1. The summed E-state index contributed by atoms with van der Waals surface area (Å²) in [5, 5.41) is 0.613. The molecular weight excluding hydrogens is 394 g/mol. The zero-order chi connectivity index (χ0) is 19.8. The predicted octanol–water partition coefficient (Wildman–Crippen LogP) is 5.37. The van der Waals surface area contributed by atoms with E-state index in [4.69, 9.17) is 33.3 Å².